The van der Waals surface area contributed by atoms with Gasteiger partial charge in [0.05, 0.1) is 12.3 Å². The van der Waals surface area contributed by atoms with E-state index in [1.807, 2.05) is 0 Å². The molecule has 6 nitrogen and oxygen atoms in total. The smallest absolute Gasteiger partial charge is 0.301 e. The highest BCUT2D eigenvalue weighted by Gasteiger charge is 2.26. The van der Waals surface area contributed by atoms with Crippen LogP contribution in [0.4, 0.5) is 0 Å². The molecule has 0 heterocycles. The van der Waals surface area contributed by atoms with Gasteiger partial charge < -0.3 is 4.89 Å². The fourth-order valence-electron chi connectivity index (χ4n) is 1.95. The minimum Gasteiger partial charge on any atom is -0.301 e. The Morgan fingerprint density at radius 1 is 1.05 bits per heavy atom. The van der Waals surface area contributed by atoms with E-state index >= 15 is 0 Å². The van der Waals surface area contributed by atoms with Gasteiger partial charge in [0.15, 0.2) is 0 Å². The maximum absolute atomic E-state index is 12.0. The number of unbranched alkanes of at least 4 members (excludes halogenated alkanes) is 5. The first kappa shape index (κ1) is 20.9. The zero-order chi connectivity index (χ0) is 17.0. The van der Waals surface area contributed by atoms with Crippen LogP contribution >= 0.6 is 0 Å². The van der Waals surface area contributed by atoms with E-state index in [1.54, 1.807) is 20.8 Å². The predicted octanol–water partition coefficient (Wildman–Crippen LogP) is 4.03. The third-order valence-electron chi connectivity index (χ3n) is 3.13. The van der Waals surface area contributed by atoms with Crippen LogP contribution in [0.1, 0.15) is 79.1 Å². The third kappa shape index (κ3) is 11.5. The lowest BCUT2D eigenvalue weighted by atomic mass is 9.97. The molecule has 0 rings (SSSR count). The van der Waals surface area contributed by atoms with Crippen molar-refractivity contribution in [3.8, 4) is 0 Å². The van der Waals surface area contributed by atoms with Crippen LogP contribution in [-0.4, -0.2) is 22.8 Å². The van der Waals surface area contributed by atoms with Crippen LogP contribution < -0.4 is 0 Å². The molecule has 0 saturated heterocycles. The van der Waals surface area contributed by atoms with E-state index in [4.69, 9.17) is 15.0 Å². The first-order valence-corrected chi connectivity index (χ1v) is 8.04. The van der Waals surface area contributed by atoms with Crippen LogP contribution in [-0.2, 0) is 24.3 Å². The predicted molar refractivity (Wildman–Crippen MR) is 81.8 cm³/mol. The van der Waals surface area contributed by atoms with Crippen LogP contribution in [0.25, 0.3) is 0 Å². The molecule has 0 aromatic rings. The van der Waals surface area contributed by atoms with Crippen molar-refractivity contribution >= 4 is 11.9 Å². The van der Waals surface area contributed by atoms with Gasteiger partial charge in [0, 0.05) is 0 Å². The zero-order valence-corrected chi connectivity index (χ0v) is 14.2. The molecule has 0 bridgehead atoms. The lowest BCUT2D eigenvalue weighted by molar-refractivity contribution is -0.323. The minimum absolute atomic E-state index is 0.211. The highest BCUT2D eigenvalue weighted by atomic mass is 17.2. The Balaban J connectivity index is 4.24. The molecule has 0 radical (unpaired) electrons. The maximum Gasteiger partial charge on any atom is 0.346 e. The van der Waals surface area contributed by atoms with Crippen LogP contribution in [0.3, 0.4) is 0 Å². The summed E-state index contributed by atoms with van der Waals surface area (Å²) in [5, 5.41) is 8.36. The standard InChI is InChI=1S/C16H30O6/c1-5-6-7-8-9-10-11-13(12-14(17)20-19)15(18)21-22-16(2,3)4/h13,19H,5-12H2,1-4H3. The minimum atomic E-state index is -0.844. The Morgan fingerprint density at radius 2 is 1.64 bits per heavy atom. The van der Waals surface area contributed by atoms with Crippen LogP contribution in [0.2, 0.25) is 0 Å². The molecule has 22 heavy (non-hydrogen) atoms. The highest BCUT2D eigenvalue weighted by Crippen LogP contribution is 2.19. The molecule has 0 aromatic carbocycles. The molecular weight excluding hydrogens is 288 g/mol. The van der Waals surface area contributed by atoms with Gasteiger partial charge in [-0.25, -0.2) is 9.59 Å². The topological polar surface area (TPSA) is 82.1 Å². The summed E-state index contributed by atoms with van der Waals surface area (Å²) in [7, 11) is 0. The molecule has 1 unspecified atom stereocenters. The highest BCUT2D eigenvalue weighted by molar-refractivity contribution is 5.79. The largest absolute Gasteiger partial charge is 0.346 e. The van der Waals surface area contributed by atoms with E-state index in [0.717, 1.165) is 19.3 Å². The van der Waals surface area contributed by atoms with Gasteiger partial charge in [-0.05, 0) is 27.2 Å². The summed E-state index contributed by atoms with van der Waals surface area (Å²) in [6, 6.07) is 0. The van der Waals surface area contributed by atoms with Crippen molar-refractivity contribution in [2.24, 2.45) is 5.92 Å². The van der Waals surface area contributed by atoms with Crippen LogP contribution in [0, 0.1) is 5.92 Å². The van der Waals surface area contributed by atoms with Crippen molar-refractivity contribution in [2.75, 3.05) is 0 Å². The maximum atomic E-state index is 12.0. The Morgan fingerprint density at radius 3 is 2.18 bits per heavy atom. The van der Waals surface area contributed by atoms with E-state index in [1.165, 1.54) is 19.3 Å². The van der Waals surface area contributed by atoms with Gasteiger partial charge in [-0.3, -0.25) is 4.89 Å². The Bertz CT molecular complexity index is 321. The summed E-state index contributed by atoms with van der Waals surface area (Å²) < 4.78 is 0. The molecule has 1 N–H and O–H groups in total. The Kier molecular flexibility index (Phi) is 10.8. The van der Waals surface area contributed by atoms with E-state index in [-0.39, 0.29) is 6.42 Å². The van der Waals surface area contributed by atoms with Crippen molar-refractivity contribution in [2.45, 2.75) is 84.7 Å². The first-order valence-electron chi connectivity index (χ1n) is 8.04. The lowest BCUT2D eigenvalue weighted by Gasteiger charge is -2.19. The summed E-state index contributed by atoms with van der Waals surface area (Å²) in [5.74, 6) is -2.11. The molecule has 0 amide bonds. The van der Waals surface area contributed by atoms with Crippen molar-refractivity contribution < 1.29 is 29.5 Å². The second kappa shape index (κ2) is 11.4. The SMILES string of the molecule is CCCCCCCCC(CC(=O)OO)C(=O)OOC(C)(C)C. The quantitative estimate of drug-likeness (QED) is 0.352. The van der Waals surface area contributed by atoms with Gasteiger partial charge in [-0.15, -0.1) is 0 Å². The second-order valence-corrected chi connectivity index (χ2v) is 6.52. The summed E-state index contributed by atoms with van der Waals surface area (Å²) in [6.07, 6.45) is 6.79. The van der Waals surface area contributed by atoms with E-state index in [9.17, 15) is 9.59 Å². The van der Waals surface area contributed by atoms with E-state index in [0.29, 0.717) is 6.42 Å². The molecular formula is C16H30O6. The first-order chi connectivity index (χ1) is 10.3. The molecule has 0 spiro atoms. The molecule has 0 fully saturated rings. The fraction of sp³-hybridized carbons (Fsp3) is 0.875. The molecule has 130 valence electrons. The third-order valence-corrected chi connectivity index (χ3v) is 3.13. The molecule has 6 heteroatoms. The molecule has 0 aliphatic carbocycles. The Labute approximate surface area is 133 Å². The van der Waals surface area contributed by atoms with Gasteiger partial charge >= 0.3 is 11.9 Å². The lowest BCUT2D eigenvalue weighted by Crippen LogP contribution is -2.27. The molecule has 0 aromatic heterocycles. The zero-order valence-electron chi connectivity index (χ0n) is 14.2. The van der Waals surface area contributed by atoms with Crippen molar-refractivity contribution in [3.63, 3.8) is 0 Å². The average Bonchev–Trinajstić information content (AvgIpc) is 2.46. The Hall–Kier alpha value is -1.14. The van der Waals surface area contributed by atoms with Gasteiger partial charge in [0.25, 0.3) is 0 Å². The fourth-order valence-corrected chi connectivity index (χ4v) is 1.95. The van der Waals surface area contributed by atoms with Crippen LogP contribution in [0.5, 0.6) is 0 Å². The molecule has 0 aliphatic heterocycles. The second-order valence-electron chi connectivity index (χ2n) is 6.52. The molecule has 0 saturated carbocycles. The normalized spacial score (nSPS) is 12.8. The summed E-state index contributed by atoms with van der Waals surface area (Å²) >= 11 is 0. The molecule has 1 atom stereocenters. The summed E-state index contributed by atoms with van der Waals surface area (Å²) in [5.41, 5.74) is -0.613. The van der Waals surface area contributed by atoms with Crippen molar-refractivity contribution in [1.82, 2.24) is 0 Å². The average molecular weight is 318 g/mol. The van der Waals surface area contributed by atoms with Gasteiger partial charge in [-0.2, -0.15) is 10.1 Å². The van der Waals surface area contributed by atoms with Crippen molar-refractivity contribution in [1.29, 1.82) is 0 Å². The monoisotopic (exact) mass is 318 g/mol. The number of carbonyl (C=O) groups excluding carboxylic acids is 2. The van der Waals surface area contributed by atoms with E-state index < -0.39 is 23.5 Å². The summed E-state index contributed by atoms with van der Waals surface area (Å²) in [4.78, 5) is 36.6. The molecule has 0 aliphatic rings. The number of hydrogen-bond acceptors (Lipinski definition) is 6. The number of carbonyl (C=O) groups is 2. The van der Waals surface area contributed by atoms with Gasteiger partial charge in [-0.1, -0.05) is 45.4 Å². The van der Waals surface area contributed by atoms with Gasteiger partial charge in [0.1, 0.15) is 5.60 Å². The summed E-state index contributed by atoms with van der Waals surface area (Å²) in [6.45, 7) is 7.42. The van der Waals surface area contributed by atoms with E-state index in [2.05, 4.69) is 11.8 Å². The van der Waals surface area contributed by atoms with Crippen molar-refractivity contribution in [3.05, 3.63) is 0 Å². The van der Waals surface area contributed by atoms with Gasteiger partial charge in [0.2, 0.25) is 0 Å². The number of rotatable bonds is 11. The van der Waals surface area contributed by atoms with Crippen LogP contribution in [0.15, 0.2) is 0 Å². The number of hydrogen-bond donors (Lipinski definition) is 1.